The largest absolute Gasteiger partial charge is 0.508 e. The van der Waals surface area contributed by atoms with Crippen LogP contribution in [-0.2, 0) is 13.6 Å². The van der Waals surface area contributed by atoms with Crippen molar-refractivity contribution in [2.45, 2.75) is 5.78 Å². The summed E-state index contributed by atoms with van der Waals surface area (Å²) < 4.78 is 29.6. The molecule has 0 aliphatic carbocycles. The van der Waals surface area contributed by atoms with Crippen molar-refractivity contribution in [2.24, 2.45) is 0 Å². The van der Waals surface area contributed by atoms with Crippen molar-refractivity contribution in [1.82, 2.24) is 4.98 Å². The van der Waals surface area contributed by atoms with E-state index in [1.807, 2.05) is 18.2 Å². The van der Waals surface area contributed by atoms with Crippen LogP contribution in [0.25, 0.3) is 10.2 Å². The second-order valence-corrected chi connectivity index (χ2v) is 8.75. The van der Waals surface area contributed by atoms with Crippen LogP contribution < -0.4 is 10.1 Å². The third-order valence-electron chi connectivity index (χ3n) is 3.89. The van der Waals surface area contributed by atoms with E-state index in [9.17, 15) is 9.67 Å². The molecule has 0 saturated heterocycles. The number of phenols is 1. The van der Waals surface area contributed by atoms with Gasteiger partial charge in [0.25, 0.3) is 0 Å². The van der Waals surface area contributed by atoms with E-state index in [4.69, 9.17) is 13.8 Å². The summed E-state index contributed by atoms with van der Waals surface area (Å²) in [7, 11) is 0.776. The van der Waals surface area contributed by atoms with Gasteiger partial charge >= 0.3 is 7.60 Å². The molecule has 138 valence electrons. The fourth-order valence-corrected chi connectivity index (χ4v) is 4.90. The monoisotopic (exact) mass is 394 g/mol. The number of fused-ring (bicyclic) bond motifs is 1. The first-order valence-electron chi connectivity index (χ1n) is 7.70. The van der Waals surface area contributed by atoms with E-state index in [-0.39, 0.29) is 5.75 Å². The van der Waals surface area contributed by atoms with Gasteiger partial charge in [-0.3, -0.25) is 4.57 Å². The molecule has 3 aromatic rings. The minimum Gasteiger partial charge on any atom is -0.508 e. The molecule has 1 heterocycles. The Morgan fingerprint density at radius 3 is 2.42 bits per heavy atom. The van der Waals surface area contributed by atoms with Gasteiger partial charge in [0.1, 0.15) is 11.5 Å². The van der Waals surface area contributed by atoms with Crippen LogP contribution in [0, 0.1) is 0 Å². The summed E-state index contributed by atoms with van der Waals surface area (Å²) in [4.78, 5) is 4.52. The number of rotatable bonds is 7. The first kappa shape index (κ1) is 18.7. The third-order valence-corrected chi connectivity index (χ3v) is 6.92. The van der Waals surface area contributed by atoms with Crippen LogP contribution in [0.1, 0.15) is 11.3 Å². The van der Waals surface area contributed by atoms with E-state index in [1.54, 1.807) is 19.2 Å². The van der Waals surface area contributed by atoms with Crippen LogP contribution in [0.2, 0.25) is 0 Å². The Bertz CT molecular complexity index is 936. The topological polar surface area (TPSA) is 89.9 Å². The molecule has 0 radical (unpaired) electrons. The third kappa shape index (κ3) is 3.68. The molecular formula is C17H19N2O5PS. The van der Waals surface area contributed by atoms with Gasteiger partial charge in [0.15, 0.2) is 10.9 Å². The van der Waals surface area contributed by atoms with Crippen molar-refractivity contribution in [2.75, 3.05) is 26.6 Å². The van der Waals surface area contributed by atoms with Crippen LogP contribution in [0.4, 0.5) is 5.13 Å². The maximum atomic E-state index is 13.0. The molecular weight excluding hydrogens is 375 g/mol. The second-order valence-electron chi connectivity index (χ2n) is 5.40. The van der Waals surface area contributed by atoms with E-state index in [0.717, 1.165) is 16.0 Å². The molecule has 0 bridgehead atoms. The Morgan fingerprint density at radius 2 is 1.81 bits per heavy atom. The van der Waals surface area contributed by atoms with Gasteiger partial charge in [-0.25, -0.2) is 4.98 Å². The van der Waals surface area contributed by atoms with E-state index in [2.05, 4.69) is 10.3 Å². The molecule has 2 aromatic carbocycles. The van der Waals surface area contributed by atoms with Gasteiger partial charge in [-0.15, -0.1) is 0 Å². The number of thiazole rings is 1. The predicted octanol–water partition coefficient (Wildman–Crippen LogP) is 4.61. The van der Waals surface area contributed by atoms with Crippen LogP contribution in [0.15, 0.2) is 42.5 Å². The highest BCUT2D eigenvalue weighted by Gasteiger charge is 2.36. The summed E-state index contributed by atoms with van der Waals surface area (Å²) in [5, 5.41) is 13.2. The number of nitrogens with one attached hydrogen (secondary N) is 1. The summed E-state index contributed by atoms with van der Waals surface area (Å²) in [5.74, 6) is 0.0760. The zero-order valence-corrected chi connectivity index (χ0v) is 16.2. The van der Waals surface area contributed by atoms with Gasteiger partial charge in [0.2, 0.25) is 0 Å². The van der Waals surface area contributed by atoms with Crippen molar-refractivity contribution < 1.29 is 23.5 Å². The molecule has 26 heavy (non-hydrogen) atoms. The number of anilines is 1. The number of hydrogen-bond donors (Lipinski definition) is 2. The van der Waals surface area contributed by atoms with Gasteiger partial charge in [0, 0.05) is 14.2 Å². The Hall–Kier alpha value is -2.12. The zero-order valence-electron chi connectivity index (χ0n) is 14.5. The predicted molar refractivity (Wildman–Crippen MR) is 102 cm³/mol. The Labute approximate surface area is 155 Å². The summed E-state index contributed by atoms with van der Waals surface area (Å²) in [6.45, 7) is 0. The Balaban J connectivity index is 2.00. The van der Waals surface area contributed by atoms with Gasteiger partial charge in [-0.2, -0.15) is 0 Å². The van der Waals surface area contributed by atoms with E-state index < -0.39 is 13.4 Å². The highest BCUT2D eigenvalue weighted by Crippen LogP contribution is 2.60. The zero-order chi connectivity index (χ0) is 18.7. The molecule has 0 fully saturated rings. The van der Waals surface area contributed by atoms with E-state index in [1.165, 1.54) is 37.7 Å². The number of phenolic OH excluding ortho intramolecular Hbond substituents is 1. The van der Waals surface area contributed by atoms with Gasteiger partial charge in [-0.1, -0.05) is 23.5 Å². The lowest BCUT2D eigenvalue weighted by molar-refractivity contribution is 0.268. The molecule has 2 N–H and O–H groups in total. The van der Waals surface area contributed by atoms with Crippen molar-refractivity contribution in [3.05, 3.63) is 48.0 Å². The summed E-state index contributed by atoms with van der Waals surface area (Å²) in [6.07, 6.45) is 0. The minimum absolute atomic E-state index is 0.115. The summed E-state index contributed by atoms with van der Waals surface area (Å²) >= 11 is 1.41. The van der Waals surface area contributed by atoms with Crippen LogP contribution in [-0.4, -0.2) is 31.4 Å². The molecule has 0 unspecified atom stereocenters. The molecule has 0 spiro atoms. The van der Waals surface area contributed by atoms with Gasteiger partial charge in [-0.05, 0) is 35.9 Å². The van der Waals surface area contributed by atoms with Crippen LogP contribution in [0.3, 0.4) is 0 Å². The quantitative estimate of drug-likeness (QED) is 0.566. The Kier molecular flexibility index (Phi) is 5.48. The molecule has 1 atom stereocenters. The fourth-order valence-electron chi connectivity index (χ4n) is 2.50. The maximum Gasteiger partial charge on any atom is 0.356 e. The average Bonchev–Trinajstić information content (AvgIpc) is 3.08. The second kappa shape index (κ2) is 7.63. The molecule has 7 nitrogen and oxygen atoms in total. The highest BCUT2D eigenvalue weighted by molar-refractivity contribution is 7.54. The van der Waals surface area contributed by atoms with E-state index in [0.29, 0.717) is 10.7 Å². The van der Waals surface area contributed by atoms with Gasteiger partial charge < -0.3 is 24.2 Å². The number of aromatic nitrogens is 1. The number of methoxy groups -OCH3 is 1. The number of nitrogens with zero attached hydrogens (tertiary/aromatic N) is 1. The number of aromatic hydroxyl groups is 1. The average molecular weight is 394 g/mol. The van der Waals surface area contributed by atoms with Crippen LogP contribution >= 0.6 is 18.9 Å². The molecule has 3 rings (SSSR count). The number of hydrogen-bond acceptors (Lipinski definition) is 8. The lowest BCUT2D eigenvalue weighted by Crippen LogP contribution is -2.13. The van der Waals surface area contributed by atoms with Crippen molar-refractivity contribution in [3.63, 3.8) is 0 Å². The van der Waals surface area contributed by atoms with Crippen molar-refractivity contribution >= 4 is 34.3 Å². The highest BCUT2D eigenvalue weighted by atomic mass is 32.1. The fraction of sp³-hybridized carbons (Fsp3) is 0.235. The maximum absolute atomic E-state index is 13.0. The molecule has 0 saturated carbocycles. The standard InChI is InChI=1S/C17H19N2O5PS/c1-22-13-8-9-14-15(10-13)26-17(18-14)19-16(25(21,23-2)24-3)11-4-6-12(20)7-5-11/h4-10,16,20H,1-3H3,(H,18,19)/t16-/m1/s1. The molecule has 0 amide bonds. The van der Waals surface area contributed by atoms with Gasteiger partial charge in [0.05, 0.1) is 17.3 Å². The SMILES string of the molecule is COc1ccc2nc(N[C@@H](c3ccc(O)cc3)P(=O)(OC)OC)sc2c1. The number of ether oxygens (including phenoxy) is 1. The molecule has 0 aliphatic heterocycles. The Morgan fingerprint density at radius 1 is 1.12 bits per heavy atom. The summed E-state index contributed by atoms with van der Waals surface area (Å²) in [6, 6.07) is 11.9. The van der Waals surface area contributed by atoms with Crippen LogP contribution in [0.5, 0.6) is 11.5 Å². The normalized spacial score (nSPS) is 12.9. The van der Waals surface area contributed by atoms with E-state index >= 15 is 0 Å². The molecule has 1 aromatic heterocycles. The lowest BCUT2D eigenvalue weighted by Gasteiger charge is -2.25. The lowest BCUT2D eigenvalue weighted by atomic mass is 10.2. The van der Waals surface area contributed by atoms with Crippen molar-refractivity contribution in [1.29, 1.82) is 0 Å². The minimum atomic E-state index is -3.50. The smallest absolute Gasteiger partial charge is 0.356 e. The first-order chi connectivity index (χ1) is 12.5. The molecule has 9 heteroatoms. The summed E-state index contributed by atoms with van der Waals surface area (Å²) in [5.41, 5.74) is 1.44. The number of benzene rings is 2. The first-order valence-corrected chi connectivity index (χ1v) is 10.1. The van der Waals surface area contributed by atoms with Crippen molar-refractivity contribution in [3.8, 4) is 11.5 Å². The molecule has 0 aliphatic rings.